The van der Waals surface area contributed by atoms with Crippen molar-refractivity contribution < 1.29 is 14.3 Å². The van der Waals surface area contributed by atoms with Gasteiger partial charge in [0.2, 0.25) is 5.91 Å². The molecule has 1 aromatic heterocycles. The number of anilines is 1. The van der Waals surface area contributed by atoms with Crippen LogP contribution in [-0.2, 0) is 9.53 Å². The molecule has 1 saturated carbocycles. The van der Waals surface area contributed by atoms with E-state index in [0.717, 1.165) is 24.1 Å². The van der Waals surface area contributed by atoms with Gasteiger partial charge in [-0.2, -0.15) is 0 Å². The van der Waals surface area contributed by atoms with Gasteiger partial charge in [0.15, 0.2) is 0 Å². The van der Waals surface area contributed by atoms with Crippen molar-refractivity contribution in [1.82, 2.24) is 0 Å². The second-order valence-corrected chi connectivity index (χ2v) is 8.63. The van der Waals surface area contributed by atoms with E-state index in [1.54, 1.807) is 6.92 Å². The van der Waals surface area contributed by atoms with Crippen LogP contribution in [0, 0.1) is 11.3 Å². The number of rotatable bonds is 6. The molecule has 0 spiro atoms. The van der Waals surface area contributed by atoms with Crippen LogP contribution in [0.1, 0.15) is 75.0 Å². The molecule has 0 saturated heterocycles. The molecule has 0 unspecified atom stereocenters. The molecule has 1 aliphatic carbocycles. The fourth-order valence-electron chi connectivity index (χ4n) is 2.68. The summed E-state index contributed by atoms with van der Waals surface area (Å²) in [5.74, 6) is 0.110. The number of esters is 1. The molecule has 1 fully saturated rings. The zero-order valence-corrected chi connectivity index (χ0v) is 15.5. The van der Waals surface area contributed by atoms with Crippen LogP contribution in [0.25, 0.3) is 0 Å². The molecule has 4 nitrogen and oxygen atoms in total. The molecule has 0 radical (unpaired) electrons. The molecule has 1 aliphatic rings. The second kappa shape index (κ2) is 7.04. The fraction of sp³-hybridized carbons (Fsp3) is 0.667. The smallest absolute Gasteiger partial charge is 0.341 e. The summed E-state index contributed by atoms with van der Waals surface area (Å²) in [6.45, 7) is 10.9. The Hall–Kier alpha value is -1.36. The first-order valence-corrected chi connectivity index (χ1v) is 9.14. The van der Waals surface area contributed by atoms with Crippen molar-refractivity contribution in [1.29, 1.82) is 0 Å². The SMILES string of the molecule is CCOC(=O)c1cc([C@H](C)CC(C)(C)C)sc1NC(=O)C1CC1. The number of nitrogens with one attached hydrogen (secondary N) is 1. The number of thiophene rings is 1. The lowest BCUT2D eigenvalue weighted by molar-refractivity contribution is -0.117. The summed E-state index contributed by atoms with van der Waals surface area (Å²) in [6, 6.07) is 1.89. The first-order valence-electron chi connectivity index (χ1n) is 8.33. The minimum atomic E-state index is -0.357. The highest BCUT2D eigenvalue weighted by molar-refractivity contribution is 7.16. The van der Waals surface area contributed by atoms with Gasteiger partial charge in [-0.15, -0.1) is 11.3 Å². The predicted molar refractivity (Wildman–Crippen MR) is 94.1 cm³/mol. The standard InChI is InChI=1S/C18H27NO3S/c1-6-22-17(21)13-9-14(11(2)10-18(3,4)5)23-16(13)19-15(20)12-7-8-12/h9,11-12H,6-8,10H2,1-5H3,(H,19,20)/t11-/m1/s1. The maximum Gasteiger partial charge on any atom is 0.341 e. The van der Waals surface area contributed by atoms with Crippen molar-refractivity contribution in [3.63, 3.8) is 0 Å². The molecule has 5 heteroatoms. The largest absolute Gasteiger partial charge is 0.462 e. The number of ether oxygens (including phenoxy) is 1. The molecule has 1 amide bonds. The summed E-state index contributed by atoms with van der Waals surface area (Å²) in [6.07, 6.45) is 2.91. The molecule has 0 aliphatic heterocycles. The molecule has 0 bridgehead atoms. The monoisotopic (exact) mass is 337 g/mol. The van der Waals surface area contributed by atoms with E-state index in [1.165, 1.54) is 11.3 Å². The Morgan fingerprint density at radius 2 is 2.04 bits per heavy atom. The van der Waals surface area contributed by atoms with Gasteiger partial charge in [0.1, 0.15) is 5.00 Å². The zero-order valence-electron chi connectivity index (χ0n) is 14.7. The number of carbonyl (C=O) groups is 2. The Kier molecular flexibility index (Phi) is 5.50. The van der Waals surface area contributed by atoms with Crippen LogP contribution in [0.2, 0.25) is 0 Å². The quantitative estimate of drug-likeness (QED) is 0.758. The lowest BCUT2D eigenvalue weighted by atomic mass is 9.85. The van der Waals surface area contributed by atoms with Crippen LogP contribution in [0.15, 0.2) is 6.07 Å². The van der Waals surface area contributed by atoms with E-state index < -0.39 is 0 Å². The average Bonchev–Trinajstić information content (AvgIpc) is 3.18. The summed E-state index contributed by atoms with van der Waals surface area (Å²) >= 11 is 1.50. The topological polar surface area (TPSA) is 55.4 Å². The molecule has 1 N–H and O–H groups in total. The van der Waals surface area contributed by atoms with Gasteiger partial charge >= 0.3 is 5.97 Å². The molecule has 1 heterocycles. The van der Waals surface area contributed by atoms with Gasteiger partial charge in [0, 0.05) is 10.8 Å². The highest BCUT2D eigenvalue weighted by Crippen LogP contribution is 2.39. The molecule has 1 aromatic rings. The molecule has 128 valence electrons. The summed E-state index contributed by atoms with van der Waals surface area (Å²) in [5.41, 5.74) is 0.701. The third kappa shape index (κ3) is 5.06. The van der Waals surface area contributed by atoms with E-state index in [9.17, 15) is 9.59 Å². The normalized spacial score (nSPS) is 16.0. The number of hydrogen-bond donors (Lipinski definition) is 1. The van der Waals surface area contributed by atoms with Crippen LogP contribution >= 0.6 is 11.3 Å². The zero-order chi connectivity index (χ0) is 17.2. The van der Waals surface area contributed by atoms with Gasteiger partial charge in [0.25, 0.3) is 0 Å². The Balaban J connectivity index is 2.22. The Bertz CT molecular complexity index is 582. The summed E-state index contributed by atoms with van der Waals surface area (Å²) in [7, 11) is 0. The van der Waals surface area contributed by atoms with Gasteiger partial charge in [-0.25, -0.2) is 4.79 Å². The minimum Gasteiger partial charge on any atom is -0.462 e. The van der Waals surface area contributed by atoms with Crippen molar-refractivity contribution in [3.8, 4) is 0 Å². The Morgan fingerprint density at radius 1 is 1.39 bits per heavy atom. The average molecular weight is 337 g/mol. The third-order valence-electron chi connectivity index (χ3n) is 3.84. The van der Waals surface area contributed by atoms with E-state index >= 15 is 0 Å². The van der Waals surface area contributed by atoms with Gasteiger partial charge in [-0.1, -0.05) is 27.7 Å². The second-order valence-electron chi connectivity index (χ2n) is 7.54. The van der Waals surface area contributed by atoms with E-state index in [-0.39, 0.29) is 23.2 Å². The van der Waals surface area contributed by atoms with Crippen molar-refractivity contribution in [3.05, 3.63) is 16.5 Å². The van der Waals surface area contributed by atoms with Gasteiger partial charge < -0.3 is 10.1 Å². The van der Waals surface area contributed by atoms with E-state index in [0.29, 0.717) is 23.1 Å². The first kappa shape index (κ1) is 18.0. The van der Waals surface area contributed by atoms with E-state index in [1.807, 2.05) is 6.07 Å². The Morgan fingerprint density at radius 3 is 2.57 bits per heavy atom. The maximum absolute atomic E-state index is 12.2. The van der Waals surface area contributed by atoms with Crippen LogP contribution in [-0.4, -0.2) is 18.5 Å². The van der Waals surface area contributed by atoms with Crippen LogP contribution < -0.4 is 5.32 Å². The van der Waals surface area contributed by atoms with Gasteiger partial charge in [-0.3, -0.25) is 4.79 Å². The summed E-state index contributed by atoms with van der Waals surface area (Å²) < 4.78 is 5.14. The van der Waals surface area contributed by atoms with Crippen LogP contribution in [0.3, 0.4) is 0 Å². The number of hydrogen-bond acceptors (Lipinski definition) is 4. The molecular formula is C18H27NO3S. The molecular weight excluding hydrogens is 310 g/mol. The third-order valence-corrected chi connectivity index (χ3v) is 5.12. The highest BCUT2D eigenvalue weighted by atomic mass is 32.1. The van der Waals surface area contributed by atoms with Crippen molar-refractivity contribution in [2.75, 3.05) is 11.9 Å². The minimum absolute atomic E-state index is 0.0208. The van der Waals surface area contributed by atoms with Gasteiger partial charge in [-0.05, 0) is 43.6 Å². The van der Waals surface area contributed by atoms with Crippen molar-refractivity contribution in [2.45, 2.75) is 59.8 Å². The van der Waals surface area contributed by atoms with Crippen LogP contribution in [0.5, 0.6) is 0 Å². The molecule has 0 aromatic carbocycles. The van der Waals surface area contributed by atoms with Gasteiger partial charge in [0.05, 0.1) is 12.2 Å². The molecule has 23 heavy (non-hydrogen) atoms. The summed E-state index contributed by atoms with van der Waals surface area (Å²) in [5, 5.41) is 3.56. The number of carbonyl (C=O) groups excluding carboxylic acids is 2. The van der Waals surface area contributed by atoms with Crippen molar-refractivity contribution in [2.24, 2.45) is 11.3 Å². The first-order chi connectivity index (χ1) is 10.7. The predicted octanol–water partition coefficient (Wildman–Crippen LogP) is 4.81. The Labute approximate surface area is 142 Å². The van der Waals surface area contributed by atoms with E-state index in [4.69, 9.17) is 4.74 Å². The molecule has 2 rings (SSSR count). The van der Waals surface area contributed by atoms with Crippen molar-refractivity contribution >= 4 is 28.2 Å². The highest BCUT2D eigenvalue weighted by Gasteiger charge is 2.31. The molecule has 1 atom stereocenters. The maximum atomic E-state index is 12.2. The number of amides is 1. The van der Waals surface area contributed by atoms with Crippen LogP contribution in [0.4, 0.5) is 5.00 Å². The fourth-order valence-corrected chi connectivity index (χ4v) is 3.79. The van der Waals surface area contributed by atoms with E-state index in [2.05, 4.69) is 33.0 Å². The summed E-state index contributed by atoms with van der Waals surface area (Å²) in [4.78, 5) is 25.4. The lowest BCUT2D eigenvalue weighted by Crippen LogP contribution is -2.15. The lowest BCUT2D eigenvalue weighted by Gasteiger charge is -2.22.